The average Bonchev–Trinajstić information content (AvgIpc) is 2.28. The fourth-order valence-corrected chi connectivity index (χ4v) is 1.55. The maximum atomic E-state index is 10.4. The molecule has 0 fully saturated rings. The molecule has 0 saturated carbocycles. The molecule has 0 unspecified atom stereocenters. The fraction of sp³-hybridized carbons (Fsp3) is 0.462. The largest absolute Gasteiger partial charge is 0.481 e. The van der Waals surface area contributed by atoms with E-state index in [0.29, 0.717) is 12.5 Å². The van der Waals surface area contributed by atoms with Crippen molar-refractivity contribution < 1.29 is 9.90 Å². The Morgan fingerprint density at radius 2 is 1.88 bits per heavy atom. The Kier molecular flexibility index (Phi) is 4.99. The van der Waals surface area contributed by atoms with Gasteiger partial charge in [0, 0.05) is 12.5 Å². The first kappa shape index (κ1) is 12.7. The number of aryl methyl sites for hydroxylation is 1. The van der Waals surface area contributed by atoms with Gasteiger partial charge in [0.25, 0.3) is 0 Å². The molecule has 0 aliphatic heterocycles. The van der Waals surface area contributed by atoms with Crippen molar-refractivity contribution in [3.05, 3.63) is 35.4 Å². The zero-order valence-electron chi connectivity index (χ0n) is 9.86. The second-order valence-corrected chi connectivity index (χ2v) is 4.10. The molecule has 16 heavy (non-hydrogen) atoms. The van der Waals surface area contributed by atoms with E-state index in [0.717, 1.165) is 12.0 Å². The zero-order valence-corrected chi connectivity index (χ0v) is 9.86. The summed E-state index contributed by atoms with van der Waals surface area (Å²) in [6, 6.07) is 8.64. The highest BCUT2D eigenvalue weighted by Gasteiger charge is 2.02. The summed E-state index contributed by atoms with van der Waals surface area (Å²) in [4.78, 5) is 10.4. The molecule has 0 radical (unpaired) electrons. The maximum absolute atomic E-state index is 10.4. The van der Waals surface area contributed by atoms with Crippen molar-refractivity contribution >= 4 is 5.97 Å². The van der Waals surface area contributed by atoms with Gasteiger partial charge in [-0.2, -0.15) is 0 Å². The predicted molar refractivity (Wildman–Crippen MR) is 64.6 cm³/mol. The van der Waals surface area contributed by atoms with E-state index in [1.807, 2.05) is 19.2 Å². The van der Waals surface area contributed by atoms with Crippen molar-refractivity contribution in [2.75, 3.05) is 7.05 Å². The van der Waals surface area contributed by atoms with Crippen molar-refractivity contribution in [3.8, 4) is 0 Å². The summed E-state index contributed by atoms with van der Waals surface area (Å²) in [6.45, 7) is 2.14. The topological polar surface area (TPSA) is 49.3 Å². The maximum Gasteiger partial charge on any atom is 0.303 e. The highest BCUT2D eigenvalue weighted by molar-refractivity contribution is 5.67. The summed E-state index contributed by atoms with van der Waals surface area (Å²) in [5, 5.41) is 11.8. The molecule has 0 saturated heterocycles. The molecule has 1 aromatic carbocycles. The third-order valence-corrected chi connectivity index (χ3v) is 2.69. The van der Waals surface area contributed by atoms with Crippen LogP contribution >= 0.6 is 0 Å². The Balaban J connectivity index is 2.50. The second-order valence-electron chi connectivity index (χ2n) is 4.10. The third kappa shape index (κ3) is 4.45. The quantitative estimate of drug-likeness (QED) is 0.770. The van der Waals surface area contributed by atoms with Crippen LogP contribution in [0.3, 0.4) is 0 Å². The minimum Gasteiger partial charge on any atom is -0.481 e. The van der Waals surface area contributed by atoms with E-state index in [4.69, 9.17) is 5.11 Å². The van der Waals surface area contributed by atoms with Gasteiger partial charge in [0.1, 0.15) is 0 Å². The van der Waals surface area contributed by atoms with Crippen molar-refractivity contribution in [3.63, 3.8) is 0 Å². The molecule has 0 amide bonds. The van der Waals surface area contributed by atoms with Crippen LogP contribution in [0.15, 0.2) is 24.3 Å². The number of aliphatic carboxylic acids is 1. The summed E-state index contributed by atoms with van der Waals surface area (Å²) in [5.74, 6) is -0.743. The van der Waals surface area contributed by atoms with E-state index in [1.54, 1.807) is 0 Å². The SMILES string of the molecule is CN[C@@H](C)Cc1ccc(CCC(=O)O)cc1. The van der Waals surface area contributed by atoms with Gasteiger partial charge in [-0.3, -0.25) is 4.79 Å². The van der Waals surface area contributed by atoms with Gasteiger partial charge in [-0.1, -0.05) is 24.3 Å². The lowest BCUT2D eigenvalue weighted by molar-refractivity contribution is -0.136. The average molecular weight is 221 g/mol. The molecule has 1 aromatic rings. The molecule has 0 aliphatic rings. The number of likely N-dealkylation sites (N-methyl/N-ethyl adjacent to an activating group) is 1. The normalized spacial score (nSPS) is 12.4. The Hall–Kier alpha value is -1.35. The first-order valence-electron chi connectivity index (χ1n) is 5.58. The molecule has 3 heteroatoms. The van der Waals surface area contributed by atoms with E-state index in [9.17, 15) is 4.79 Å². The molecule has 1 atom stereocenters. The Morgan fingerprint density at radius 3 is 2.38 bits per heavy atom. The number of rotatable bonds is 6. The van der Waals surface area contributed by atoms with Crippen molar-refractivity contribution in [2.45, 2.75) is 32.2 Å². The summed E-state index contributed by atoms with van der Waals surface area (Å²) < 4.78 is 0. The van der Waals surface area contributed by atoms with Gasteiger partial charge >= 0.3 is 5.97 Å². The van der Waals surface area contributed by atoms with E-state index in [-0.39, 0.29) is 6.42 Å². The Labute approximate surface area is 96.5 Å². The first-order valence-corrected chi connectivity index (χ1v) is 5.58. The van der Waals surface area contributed by atoms with Crippen LogP contribution in [0.4, 0.5) is 0 Å². The molecular weight excluding hydrogens is 202 g/mol. The summed E-state index contributed by atoms with van der Waals surface area (Å²) in [5.41, 5.74) is 2.36. The number of benzene rings is 1. The van der Waals surface area contributed by atoms with Gasteiger partial charge in [-0.25, -0.2) is 0 Å². The van der Waals surface area contributed by atoms with Crippen LogP contribution in [0.2, 0.25) is 0 Å². The number of nitrogens with one attached hydrogen (secondary N) is 1. The third-order valence-electron chi connectivity index (χ3n) is 2.69. The Morgan fingerprint density at radius 1 is 1.31 bits per heavy atom. The van der Waals surface area contributed by atoms with Crippen molar-refractivity contribution in [1.82, 2.24) is 5.32 Å². The first-order chi connectivity index (χ1) is 7.61. The smallest absolute Gasteiger partial charge is 0.303 e. The van der Waals surface area contributed by atoms with Crippen molar-refractivity contribution in [1.29, 1.82) is 0 Å². The van der Waals surface area contributed by atoms with Crippen LogP contribution in [0, 0.1) is 0 Å². The van der Waals surface area contributed by atoms with Gasteiger partial charge in [0.05, 0.1) is 0 Å². The van der Waals surface area contributed by atoms with Gasteiger partial charge in [-0.15, -0.1) is 0 Å². The molecule has 0 bridgehead atoms. The van der Waals surface area contributed by atoms with E-state index >= 15 is 0 Å². The highest BCUT2D eigenvalue weighted by atomic mass is 16.4. The number of carbonyl (C=O) groups is 1. The van der Waals surface area contributed by atoms with E-state index in [1.165, 1.54) is 5.56 Å². The monoisotopic (exact) mass is 221 g/mol. The van der Waals surface area contributed by atoms with Crippen LogP contribution < -0.4 is 5.32 Å². The minimum absolute atomic E-state index is 0.201. The highest BCUT2D eigenvalue weighted by Crippen LogP contribution is 2.08. The van der Waals surface area contributed by atoms with Crippen molar-refractivity contribution in [2.24, 2.45) is 0 Å². The lowest BCUT2D eigenvalue weighted by Gasteiger charge is -2.10. The fourth-order valence-electron chi connectivity index (χ4n) is 1.55. The summed E-state index contributed by atoms with van der Waals surface area (Å²) in [6.07, 6.45) is 1.80. The molecular formula is C13H19NO2. The molecule has 0 aromatic heterocycles. The van der Waals surface area contributed by atoms with E-state index < -0.39 is 5.97 Å². The lowest BCUT2D eigenvalue weighted by atomic mass is 10.0. The Bertz CT molecular complexity index is 332. The molecule has 2 N–H and O–H groups in total. The van der Waals surface area contributed by atoms with Crippen LogP contribution in [0.25, 0.3) is 0 Å². The molecule has 3 nitrogen and oxygen atoms in total. The summed E-state index contributed by atoms with van der Waals surface area (Å²) in [7, 11) is 1.95. The minimum atomic E-state index is -0.743. The predicted octanol–water partition coefficient (Wildman–Crippen LogP) is 1.85. The lowest BCUT2D eigenvalue weighted by Crippen LogP contribution is -2.23. The van der Waals surface area contributed by atoms with Gasteiger partial charge in [0.2, 0.25) is 0 Å². The van der Waals surface area contributed by atoms with Gasteiger partial charge in [-0.05, 0) is 37.9 Å². The van der Waals surface area contributed by atoms with Crippen LogP contribution in [0.1, 0.15) is 24.5 Å². The zero-order chi connectivity index (χ0) is 12.0. The number of hydrogen-bond donors (Lipinski definition) is 2. The van der Waals surface area contributed by atoms with E-state index in [2.05, 4.69) is 24.4 Å². The number of carboxylic acids is 1. The summed E-state index contributed by atoms with van der Waals surface area (Å²) >= 11 is 0. The second kappa shape index (κ2) is 6.28. The van der Waals surface area contributed by atoms with Crippen LogP contribution in [0.5, 0.6) is 0 Å². The van der Waals surface area contributed by atoms with Crippen LogP contribution in [-0.2, 0) is 17.6 Å². The number of hydrogen-bond acceptors (Lipinski definition) is 2. The molecule has 88 valence electrons. The molecule has 0 heterocycles. The number of carboxylic acid groups (broad SMARTS) is 1. The molecule has 0 spiro atoms. The molecule has 0 aliphatic carbocycles. The standard InChI is InChI=1S/C13H19NO2/c1-10(14-2)9-12-5-3-11(4-6-12)7-8-13(15)16/h3-6,10,14H,7-9H2,1-2H3,(H,15,16)/t10-/m0/s1. The van der Waals surface area contributed by atoms with Gasteiger partial charge < -0.3 is 10.4 Å². The molecule has 1 rings (SSSR count). The van der Waals surface area contributed by atoms with Crippen LogP contribution in [-0.4, -0.2) is 24.2 Å². The van der Waals surface area contributed by atoms with Gasteiger partial charge in [0.15, 0.2) is 0 Å².